The third-order valence-corrected chi connectivity index (χ3v) is 6.90. The Labute approximate surface area is 177 Å². The van der Waals surface area contributed by atoms with Crippen molar-refractivity contribution in [3.63, 3.8) is 0 Å². The Morgan fingerprint density at radius 3 is 1.85 bits per heavy atom. The summed E-state index contributed by atoms with van der Waals surface area (Å²) in [5.74, 6) is 2.19. The van der Waals surface area contributed by atoms with Crippen molar-refractivity contribution in [1.82, 2.24) is 0 Å². The van der Waals surface area contributed by atoms with Gasteiger partial charge in [-0.3, -0.25) is 4.79 Å². The second kappa shape index (κ2) is 9.10. The summed E-state index contributed by atoms with van der Waals surface area (Å²) in [6, 6.07) is 3.53. The van der Waals surface area contributed by atoms with Crippen LogP contribution >= 0.6 is 47.8 Å². The molecule has 0 unspecified atom stereocenters. The zero-order chi connectivity index (χ0) is 19.4. The fourth-order valence-corrected chi connectivity index (χ4v) is 4.36. The smallest absolute Gasteiger partial charge is 0.176 e. The lowest BCUT2D eigenvalue weighted by Crippen LogP contribution is -2.03. The molecule has 0 amide bonds. The minimum absolute atomic E-state index is 0.453. The van der Waals surface area contributed by atoms with E-state index in [-0.39, 0.29) is 0 Å². The van der Waals surface area contributed by atoms with E-state index < -0.39 is 0 Å². The van der Waals surface area contributed by atoms with Crippen LogP contribution in [-0.2, 0) is 6.42 Å². The van der Waals surface area contributed by atoms with Crippen molar-refractivity contribution in [2.45, 2.75) is 6.42 Å². The van der Waals surface area contributed by atoms with E-state index in [0.29, 0.717) is 39.5 Å². The monoisotopic (exact) mass is 550 g/mol. The highest BCUT2D eigenvalue weighted by atomic mass is 79.9. The standard InChI is InChI=1S/C18H17Br3O5/c1-23-12-6-9(14(19)16(21)18(12)26-4)5-11-10(8-22)7-13(24-2)17(25-3)15(11)20/h6-8H,5H2,1-4H3. The minimum atomic E-state index is 0.453. The van der Waals surface area contributed by atoms with Crippen LogP contribution in [0.3, 0.4) is 0 Å². The fraction of sp³-hybridized carbons (Fsp3) is 0.278. The Hall–Kier alpha value is -1.25. The van der Waals surface area contributed by atoms with Crippen LogP contribution in [0.15, 0.2) is 25.6 Å². The number of halogens is 3. The first-order valence-corrected chi connectivity index (χ1v) is 9.78. The lowest BCUT2D eigenvalue weighted by molar-refractivity contribution is 0.112. The summed E-state index contributed by atoms with van der Waals surface area (Å²) in [5, 5.41) is 0. The minimum Gasteiger partial charge on any atom is -0.493 e. The van der Waals surface area contributed by atoms with Crippen molar-refractivity contribution in [3.05, 3.63) is 42.2 Å². The highest BCUT2D eigenvalue weighted by Crippen LogP contribution is 2.45. The number of hydrogen-bond donors (Lipinski definition) is 0. The molecule has 140 valence electrons. The molecule has 0 bridgehead atoms. The summed E-state index contributed by atoms with van der Waals surface area (Å²) < 4.78 is 23.7. The summed E-state index contributed by atoms with van der Waals surface area (Å²) >= 11 is 10.7. The SMILES string of the molecule is COc1cc(Cc2c(C=O)cc(OC)c(OC)c2Br)c(Br)c(Br)c1OC. The average Bonchev–Trinajstić information content (AvgIpc) is 2.65. The molecule has 0 aromatic heterocycles. The zero-order valence-corrected chi connectivity index (χ0v) is 19.4. The molecule has 0 saturated heterocycles. The molecule has 0 heterocycles. The second-order valence-corrected chi connectivity index (χ2v) is 7.57. The Bertz CT molecular complexity index is 837. The molecule has 0 radical (unpaired) electrons. The molecule has 0 aliphatic rings. The summed E-state index contributed by atoms with van der Waals surface area (Å²) in [4.78, 5) is 11.6. The molecule has 0 aliphatic carbocycles. The lowest BCUT2D eigenvalue weighted by atomic mass is 9.99. The normalized spacial score (nSPS) is 10.4. The van der Waals surface area contributed by atoms with E-state index in [1.54, 1.807) is 27.4 Å². The molecule has 5 nitrogen and oxygen atoms in total. The van der Waals surface area contributed by atoms with Crippen LogP contribution in [0, 0.1) is 0 Å². The maximum atomic E-state index is 11.6. The van der Waals surface area contributed by atoms with Gasteiger partial charge in [0.15, 0.2) is 29.3 Å². The van der Waals surface area contributed by atoms with Gasteiger partial charge in [-0.15, -0.1) is 0 Å². The average molecular weight is 553 g/mol. The summed E-state index contributed by atoms with van der Waals surface area (Å²) in [5.41, 5.74) is 2.19. The number of ether oxygens (including phenoxy) is 4. The van der Waals surface area contributed by atoms with Crippen molar-refractivity contribution in [2.75, 3.05) is 28.4 Å². The first kappa shape index (κ1) is 21.1. The van der Waals surface area contributed by atoms with Crippen LogP contribution in [0.25, 0.3) is 0 Å². The van der Waals surface area contributed by atoms with Gasteiger partial charge in [0.05, 0.1) is 37.4 Å². The molecule has 0 aliphatic heterocycles. The number of carbonyl (C=O) groups excluding carboxylic acids is 1. The second-order valence-electron chi connectivity index (χ2n) is 5.19. The predicted molar refractivity (Wildman–Crippen MR) is 110 cm³/mol. The van der Waals surface area contributed by atoms with Crippen molar-refractivity contribution in [1.29, 1.82) is 0 Å². The Balaban J connectivity index is 2.65. The molecule has 0 fully saturated rings. The quantitative estimate of drug-likeness (QED) is 0.430. The highest BCUT2D eigenvalue weighted by Gasteiger charge is 2.21. The molecule has 2 aromatic carbocycles. The van der Waals surface area contributed by atoms with Gasteiger partial charge in [0.25, 0.3) is 0 Å². The van der Waals surface area contributed by atoms with Crippen LogP contribution in [-0.4, -0.2) is 34.7 Å². The highest BCUT2D eigenvalue weighted by molar-refractivity contribution is 9.13. The molecule has 0 saturated carbocycles. The van der Waals surface area contributed by atoms with Crippen molar-refractivity contribution >= 4 is 54.1 Å². The molecular formula is C18H17Br3O5. The lowest BCUT2D eigenvalue weighted by Gasteiger charge is -2.18. The maximum absolute atomic E-state index is 11.6. The van der Waals surface area contributed by atoms with Gasteiger partial charge in [0.2, 0.25) is 0 Å². The Morgan fingerprint density at radius 2 is 1.35 bits per heavy atom. The van der Waals surface area contributed by atoms with Gasteiger partial charge in [-0.05, 0) is 71.0 Å². The Morgan fingerprint density at radius 1 is 0.808 bits per heavy atom. The van der Waals surface area contributed by atoms with E-state index >= 15 is 0 Å². The van der Waals surface area contributed by atoms with Crippen molar-refractivity contribution in [3.8, 4) is 23.0 Å². The van der Waals surface area contributed by atoms with Gasteiger partial charge in [0, 0.05) is 16.5 Å². The molecular weight excluding hydrogens is 536 g/mol. The predicted octanol–water partition coefficient (Wildman–Crippen LogP) is 5.41. The van der Waals surface area contributed by atoms with Crippen LogP contribution in [0.1, 0.15) is 21.5 Å². The molecule has 0 spiro atoms. The van der Waals surface area contributed by atoms with Gasteiger partial charge >= 0.3 is 0 Å². The molecule has 26 heavy (non-hydrogen) atoms. The van der Waals surface area contributed by atoms with Gasteiger partial charge in [-0.1, -0.05) is 0 Å². The number of benzene rings is 2. The van der Waals surface area contributed by atoms with Gasteiger partial charge < -0.3 is 18.9 Å². The van der Waals surface area contributed by atoms with Crippen LogP contribution in [0.4, 0.5) is 0 Å². The summed E-state index contributed by atoms with van der Waals surface area (Å²) in [7, 11) is 6.23. The summed E-state index contributed by atoms with van der Waals surface area (Å²) in [6.07, 6.45) is 1.25. The fourth-order valence-electron chi connectivity index (χ4n) is 2.59. The summed E-state index contributed by atoms with van der Waals surface area (Å²) in [6.45, 7) is 0. The van der Waals surface area contributed by atoms with E-state index in [1.165, 1.54) is 7.11 Å². The van der Waals surface area contributed by atoms with E-state index in [2.05, 4.69) is 47.8 Å². The van der Waals surface area contributed by atoms with E-state index in [9.17, 15) is 4.79 Å². The Kier molecular flexibility index (Phi) is 7.37. The number of aldehydes is 1. The third-order valence-electron chi connectivity index (χ3n) is 3.87. The molecule has 2 rings (SSSR count). The molecule has 0 N–H and O–H groups in total. The van der Waals surface area contributed by atoms with Crippen LogP contribution < -0.4 is 18.9 Å². The van der Waals surface area contributed by atoms with Gasteiger partial charge in [-0.2, -0.15) is 0 Å². The van der Waals surface area contributed by atoms with Crippen LogP contribution in [0.5, 0.6) is 23.0 Å². The van der Waals surface area contributed by atoms with E-state index in [1.807, 2.05) is 6.07 Å². The third kappa shape index (κ3) is 3.87. The van der Waals surface area contributed by atoms with Gasteiger partial charge in [-0.25, -0.2) is 0 Å². The first-order valence-electron chi connectivity index (χ1n) is 7.40. The first-order chi connectivity index (χ1) is 12.4. The molecule has 2 aromatic rings. The molecule has 0 atom stereocenters. The number of hydrogen-bond acceptors (Lipinski definition) is 5. The maximum Gasteiger partial charge on any atom is 0.176 e. The van der Waals surface area contributed by atoms with E-state index in [4.69, 9.17) is 18.9 Å². The number of methoxy groups -OCH3 is 4. The number of carbonyl (C=O) groups is 1. The zero-order valence-electron chi connectivity index (χ0n) is 14.6. The topological polar surface area (TPSA) is 54.0 Å². The van der Waals surface area contributed by atoms with E-state index in [0.717, 1.165) is 26.4 Å². The van der Waals surface area contributed by atoms with Crippen molar-refractivity contribution < 1.29 is 23.7 Å². The largest absolute Gasteiger partial charge is 0.493 e. The van der Waals surface area contributed by atoms with Gasteiger partial charge in [0.1, 0.15) is 0 Å². The molecule has 8 heteroatoms. The van der Waals surface area contributed by atoms with Crippen molar-refractivity contribution in [2.24, 2.45) is 0 Å². The van der Waals surface area contributed by atoms with Crippen LogP contribution in [0.2, 0.25) is 0 Å². The number of rotatable bonds is 7.